The number of benzene rings is 1. The van der Waals surface area contributed by atoms with Crippen LogP contribution in [0.5, 0.6) is 0 Å². The van der Waals surface area contributed by atoms with Crippen molar-refractivity contribution in [3.8, 4) is 0 Å². The van der Waals surface area contributed by atoms with Gasteiger partial charge in [-0.2, -0.15) is 13.2 Å². The number of rotatable bonds is 4. The van der Waals surface area contributed by atoms with E-state index in [9.17, 15) is 13.2 Å². The first-order chi connectivity index (χ1) is 9.88. The van der Waals surface area contributed by atoms with Gasteiger partial charge in [-0.25, -0.2) is 0 Å². The summed E-state index contributed by atoms with van der Waals surface area (Å²) in [7, 11) is 3.99. The van der Waals surface area contributed by atoms with E-state index < -0.39 is 11.7 Å². The molecule has 1 fully saturated rings. The molecule has 0 spiro atoms. The number of alkyl halides is 3. The fourth-order valence-electron chi connectivity index (χ4n) is 2.90. The maximum Gasteiger partial charge on any atom is 0.416 e. The zero-order chi connectivity index (χ0) is 15.5. The second-order valence-corrected chi connectivity index (χ2v) is 5.89. The van der Waals surface area contributed by atoms with Gasteiger partial charge in [0.15, 0.2) is 0 Å². The highest BCUT2D eigenvalue weighted by Gasteiger charge is 2.30. The average Bonchev–Trinajstić information content (AvgIpc) is 2.45. The van der Waals surface area contributed by atoms with Crippen molar-refractivity contribution in [2.45, 2.75) is 37.9 Å². The Morgan fingerprint density at radius 1 is 1.29 bits per heavy atom. The van der Waals surface area contributed by atoms with Gasteiger partial charge in [0.1, 0.15) is 0 Å². The van der Waals surface area contributed by atoms with E-state index >= 15 is 0 Å². The van der Waals surface area contributed by atoms with E-state index in [0.717, 1.165) is 25.6 Å². The highest BCUT2D eigenvalue weighted by molar-refractivity contribution is 5.48. The Bertz CT molecular complexity index is 459. The van der Waals surface area contributed by atoms with Crippen LogP contribution in [0.15, 0.2) is 24.3 Å². The Morgan fingerprint density at radius 3 is 2.71 bits per heavy atom. The lowest BCUT2D eigenvalue weighted by molar-refractivity contribution is -0.137. The summed E-state index contributed by atoms with van der Waals surface area (Å²) in [4.78, 5) is 4.28. The molecule has 21 heavy (non-hydrogen) atoms. The quantitative estimate of drug-likeness (QED) is 0.829. The molecule has 5 heteroatoms. The van der Waals surface area contributed by atoms with Gasteiger partial charge in [-0.15, -0.1) is 0 Å². The Balaban J connectivity index is 1.95. The number of nitrogens with zero attached hydrogens (tertiary/aromatic N) is 2. The van der Waals surface area contributed by atoms with Crippen molar-refractivity contribution >= 4 is 5.69 Å². The normalized spacial score (nSPS) is 20.5. The molecule has 0 amide bonds. The van der Waals surface area contributed by atoms with Crippen molar-refractivity contribution in [1.82, 2.24) is 4.90 Å². The molecule has 2 nitrogen and oxygen atoms in total. The molecule has 0 saturated carbocycles. The van der Waals surface area contributed by atoms with Gasteiger partial charge in [-0.1, -0.05) is 12.5 Å². The molecule has 2 rings (SSSR count). The van der Waals surface area contributed by atoms with Gasteiger partial charge in [0.2, 0.25) is 0 Å². The lowest BCUT2D eigenvalue weighted by Crippen LogP contribution is -2.38. The van der Waals surface area contributed by atoms with Crippen LogP contribution in [0, 0.1) is 0 Å². The molecule has 1 aromatic rings. The average molecular weight is 300 g/mol. The monoisotopic (exact) mass is 300 g/mol. The van der Waals surface area contributed by atoms with Gasteiger partial charge in [-0.05, 0) is 51.1 Å². The minimum atomic E-state index is -4.28. The highest BCUT2D eigenvalue weighted by atomic mass is 19.4. The van der Waals surface area contributed by atoms with E-state index in [1.165, 1.54) is 31.4 Å². The summed E-state index contributed by atoms with van der Waals surface area (Å²) < 4.78 is 38.2. The molecule has 118 valence electrons. The number of halogens is 3. The summed E-state index contributed by atoms with van der Waals surface area (Å²) in [6.45, 7) is 1.90. The minimum absolute atomic E-state index is 0.548. The van der Waals surface area contributed by atoms with E-state index in [2.05, 4.69) is 11.9 Å². The van der Waals surface area contributed by atoms with E-state index in [0.29, 0.717) is 11.7 Å². The van der Waals surface area contributed by atoms with Crippen LogP contribution in [0.3, 0.4) is 0 Å². The van der Waals surface area contributed by atoms with Gasteiger partial charge in [0, 0.05) is 25.3 Å². The molecule has 1 unspecified atom stereocenters. The summed E-state index contributed by atoms with van der Waals surface area (Å²) in [6, 6.07) is 6.10. The lowest BCUT2D eigenvalue weighted by Gasteiger charge is -2.34. The third kappa shape index (κ3) is 4.37. The summed E-state index contributed by atoms with van der Waals surface area (Å²) >= 11 is 0. The van der Waals surface area contributed by atoms with Crippen LogP contribution in [0.1, 0.15) is 31.2 Å². The topological polar surface area (TPSA) is 6.48 Å². The zero-order valence-corrected chi connectivity index (χ0v) is 12.7. The number of piperidine rings is 1. The van der Waals surface area contributed by atoms with Gasteiger partial charge < -0.3 is 9.80 Å². The van der Waals surface area contributed by atoms with Crippen molar-refractivity contribution in [3.05, 3.63) is 29.8 Å². The number of hydrogen-bond donors (Lipinski definition) is 0. The molecule has 1 aliphatic heterocycles. The predicted molar refractivity (Wildman–Crippen MR) is 79.6 cm³/mol. The van der Waals surface area contributed by atoms with E-state index in [1.807, 2.05) is 11.9 Å². The third-order valence-corrected chi connectivity index (χ3v) is 4.33. The largest absolute Gasteiger partial charge is 0.416 e. The van der Waals surface area contributed by atoms with Crippen LogP contribution in [0.25, 0.3) is 0 Å². The van der Waals surface area contributed by atoms with Crippen LogP contribution in [-0.4, -0.2) is 38.1 Å². The lowest BCUT2D eigenvalue weighted by atomic mass is 10.00. The van der Waals surface area contributed by atoms with Gasteiger partial charge in [0.05, 0.1) is 5.56 Å². The molecule has 0 bridgehead atoms. The number of anilines is 1. The molecule has 1 aromatic carbocycles. The summed E-state index contributed by atoms with van der Waals surface area (Å²) in [5, 5.41) is 0. The first-order valence-corrected chi connectivity index (χ1v) is 7.46. The van der Waals surface area contributed by atoms with Gasteiger partial charge in [0.25, 0.3) is 0 Å². The van der Waals surface area contributed by atoms with Crippen LogP contribution in [-0.2, 0) is 6.18 Å². The van der Waals surface area contributed by atoms with E-state index in [1.54, 1.807) is 6.07 Å². The fraction of sp³-hybridized carbons (Fsp3) is 0.625. The van der Waals surface area contributed by atoms with Gasteiger partial charge in [-0.3, -0.25) is 0 Å². The molecular formula is C16H23F3N2. The summed E-state index contributed by atoms with van der Waals surface area (Å²) in [5.41, 5.74) is 0.0462. The predicted octanol–water partition coefficient (Wildman–Crippen LogP) is 4.02. The number of likely N-dealkylation sites (tertiary alicyclic amines) is 1. The molecule has 1 atom stereocenters. The van der Waals surface area contributed by atoms with Crippen LogP contribution >= 0.6 is 0 Å². The molecule has 0 radical (unpaired) electrons. The van der Waals surface area contributed by atoms with Crippen LogP contribution in [0.4, 0.5) is 18.9 Å². The smallest absolute Gasteiger partial charge is 0.375 e. The fourth-order valence-corrected chi connectivity index (χ4v) is 2.90. The van der Waals surface area contributed by atoms with Crippen molar-refractivity contribution in [1.29, 1.82) is 0 Å². The second kappa shape index (κ2) is 6.69. The molecule has 0 aromatic heterocycles. The van der Waals surface area contributed by atoms with Crippen molar-refractivity contribution < 1.29 is 13.2 Å². The molecule has 1 saturated heterocycles. The maximum atomic E-state index is 12.7. The third-order valence-electron chi connectivity index (χ3n) is 4.33. The van der Waals surface area contributed by atoms with Crippen LogP contribution in [0.2, 0.25) is 0 Å². The zero-order valence-electron chi connectivity index (χ0n) is 12.7. The van der Waals surface area contributed by atoms with Crippen molar-refractivity contribution in [2.24, 2.45) is 0 Å². The Labute approximate surface area is 124 Å². The molecule has 1 aliphatic rings. The van der Waals surface area contributed by atoms with E-state index in [4.69, 9.17) is 0 Å². The van der Waals surface area contributed by atoms with Crippen LogP contribution < -0.4 is 4.90 Å². The number of hydrogen-bond acceptors (Lipinski definition) is 2. The van der Waals surface area contributed by atoms with E-state index in [-0.39, 0.29) is 0 Å². The standard InChI is InChI=1S/C16H23F3N2/c1-20-10-4-3-7-14(20)9-11-21(2)15-8-5-6-13(12-15)16(17,18)19/h5-6,8,12,14H,3-4,7,9-11H2,1-2H3. The second-order valence-electron chi connectivity index (χ2n) is 5.89. The van der Waals surface area contributed by atoms with Crippen molar-refractivity contribution in [3.63, 3.8) is 0 Å². The highest BCUT2D eigenvalue weighted by Crippen LogP contribution is 2.31. The Hall–Kier alpha value is -1.23. The minimum Gasteiger partial charge on any atom is -0.375 e. The SMILES string of the molecule is CN(CCC1CCCCN1C)c1cccc(C(F)(F)F)c1. The molecular weight excluding hydrogens is 277 g/mol. The molecule has 0 N–H and O–H groups in total. The molecule has 0 aliphatic carbocycles. The molecule has 1 heterocycles. The first kappa shape index (κ1) is 16.1. The summed E-state index contributed by atoms with van der Waals surface area (Å²) in [5.74, 6) is 0. The summed E-state index contributed by atoms with van der Waals surface area (Å²) in [6.07, 6.45) is 0.398. The maximum absolute atomic E-state index is 12.7. The first-order valence-electron chi connectivity index (χ1n) is 7.46. The van der Waals surface area contributed by atoms with Gasteiger partial charge >= 0.3 is 6.18 Å². The Kier molecular flexibility index (Phi) is 5.14. The van der Waals surface area contributed by atoms with Crippen molar-refractivity contribution in [2.75, 3.05) is 32.1 Å². The Morgan fingerprint density at radius 2 is 2.05 bits per heavy atom.